The van der Waals surface area contributed by atoms with Crippen molar-refractivity contribution in [1.29, 1.82) is 0 Å². The van der Waals surface area contributed by atoms with Crippen molar-refractivity contribution in [3.63, 3.8) is 0 Å². The smallest absolute Gasteiger partial charge is 0.222 e. The molecule has 124 valence electrons. The van der Waals surface area contributed by atoms with Crippen LogP contribution in [0.1, 0.15) is 16.1 Å². The van der Waals surface area contributed by atoms with Gasteiger partial charge in [-0.05, 0) is 26.0 Å². The normalized spacial score (nSPS) is 13.9. The second kappa shape index (κ2) is 6.49. The van der Waals surface area contributed by atoms with Crippen molar-refractivity contribution in [3.8, 4) is 0 Å². The predicted molar refractivity (Wildman–Crippen MR) is 104 cm³/mol. The molecule has 0 spiro atoms. The molecule has 0 saturated heterocycles. The Labute approximate surface area is 150 Å². The fraction of sp³-hybridized carbons (Fsp3) is 0.105. The third-order valence-electron chi connectivity index (χ3n) is 3.92. The first-order valence-electron chi connectivity index (χ1n) is 7.99. The molecule has 5 nitrogen and oxygen atoms in total. The Hall–Kier alpha value is -2.99. The van der Waals surface area contributed by atoms with Crippen LogP contribution in [0.2, 0.25) is 0 Å². The molecule has 0 bridgehead atoms. The molecule has 1 aliphatic heterocycles. The maximum atomic E-state index is 4.81. The number of hydrogen-bond donors (Lipinski definition) is 0. The van der Waals surface area contributed by atoms with Crippen LogP contribution in [0.25, 0.3) is 0 Å². The molecule has 3 aromatic rings. The minimum Gasteiger partial charge on any atom is -0.222 e. The minimum atomic E-state index is 0.795. The second-order valence-electron chi connectivity index (χ2n) is 5.65. The zero-order chi connectivity index (χ0) is 17.2. The van der Waals surface area contributed by atoms with E-state index >= 15 is 0 Å². The van der Waals surface area contributed by atoms with E-state index in [1.165, 1.54) is 4.88 Å². The Bertz CT molecular complexity index is 911. The summed E-state index contributed by atoms with van der Waals surface area (Å²) >= 11 is 1.61. The fourth-order valence-corrected chi connectivity index (χ4v) is 3.32. The lowest BCUT2D eigenvalue weighted by Gasteiger charge is -2.30. The van der Waals surface area contributed by atoms with E-state index in [4.69, 9.17) is 5.10 Å². The highest BCUT2D eigenvalue weighted by atomic mass is 32.1. The molecular formula is C19H17N5S. The van der Waals surface area contributed by atoms with Crippen LogP contribution in [0.5, 0.6) is 0 Å². The van der Waals surface area contributed by atoms with E-state index in [0.717, 1.165) is 27.8 Å². The van der Waals surface area contributed by atoms with Crippen molar-refractivity contribution in [3.05, 3.63) is 76.8 Å². The van der Waals surface area contributed by atoms with Gasteiger partial charge in [0.25, 0.3) is 0 Å². The lowest BCUT2D eigenvalue weighted by Crippen LogP contribution is -2.39. The number of aryl methyl sites for hydroxylation is 2. The lowest BCUT2D eigenvalue weighted by atomic mass is 10.1. The number of benzene rings is 2. The molecule has 0 radical (unpaired) electrons. The quantitative estimate of drug-likeness (QED) is 0.706. The number of thiazole rings is 1. The Morgan fingerprint density at radius 1 is 0.840 bits per heavy atom. The Morgan fingerprint density at radius 3 is 2.16 bits per heavy atom. The molecule has 0 amide bonds. The molecule has 1 aliphatic rings. The minimum absolute atomic E-state index is 0.795. The van der Waals surface area contributed by atoms with Gasteiger partial charge in [-0.1, -0.05) is 59.9 Å². The van der Waals surface area contributed by atoms with Gasteiger partial charge in [0.05, 0.1) is 17.6 Å². The monoisotopic (exact) mass is 347 g/mol. The number of aromatic nitrogens is 1. The van der Waals surface area contributed by atoms with E-state index in [9.17, 15) is 0 Å². The Kier molecular flexibility index (Phi) is 4.03. The highest BCUT2D eigenvalue weighted by Gasteiger charge is 2.24. The van der Waals surface area contributed by atoms with Crippen LogP contribution >= 0.6 is 11.3 Å². The average molecular weight is 347 g/mol. The fourth-order valence-electron chi connectivity index (χ4n) is 2.47. The maximum absolute atomic E-state index is 4.81. The number of anilines is 2. The molecule has 6 heteroatoms. The van der Waals surface area contributed by atoms with Crippen molar-refractivity contribution in [1.82, 2.24) is 4.98 Å². The number of nitrogens with zero attached hydrogens (tertiary/aromatic N) is 5. The summed E-state index contributed by atoms with van der Waals surface area (Å²) in [5, 5.41) is 13.8. The van der Waals surface area contributed by atoms with Crippen molar-refractivity contribution < 1.29 is 0 Å². The molecule has 2 heterocycles. The van der Waals surface area contributed by atoms with Gasteiger partial charge in [0, 0.05) is 10.4 Å². The predicted octanol–water partition coefficient (Wildman–Crippen LogP) is 4.39. The Balaban J connectivity index is 1.79. The lowest BCUT2D eigenvalue weighted by molar-refractivity contribution is 0.771. The van der Waals surface area contributed by atoms with Crippen LogP contribution in [0.4, 0.5) is 10.8 Å². The van der Waals surface area contributed by atoms with Crippen molar-refractivity contribution >= 4 is 34.1 Å². The van der Waals surface area contributed by atoms with Crippen LogP contribution in [-0.2, 0) is 0 Å². The van der Waals surface area contributed by atoms with E-state index < -0.39 is 0 Å². The summed E-state index contributed by atoms with van der Waals surface area (Å²) in [4.78, 5) is 5.83. The number of hydrazone groups is 2. The molecule has 0 fully saturated rings. The first kappa shape index (κ1) is 15.5. The van der Waals surface area contributed by atoms with Gasteiger partial charge in [0.15, 0.2) is 0 Å². The second-order valence-corrected chi connectivity index (χ2v) is 6.83. The van der Waals surface area contributed by atoms with Gasteiger partial charge in [0.1, 0.15) is 5.71 Å². The van der Waals surface area contributed by atoms with E-state index in [-0.39, 0.29) is 0 Å². The Morgan fingerprint density at radius 2 is 1.52 bits per heavy atom. The molecule has 25 heavy (non-hydrogen) atoms. The first-order chi connectivity index (χ1) is 12.2. The number of rotatable bonds is 3. The maximum Gasteiger partial charge on any atom is 0.230 e. The average Bonchev–Trinajstić information content (AvgIpc) is 3.01. The SMILES string of the molecule is Cc1nc(N2N=C(c3ccccc3)C=NN2c2ccccc2)sc1C. The van der Waals surface area contributed by atoms with E-state index in [1.54, 1.807) is 27.8 Å². The van der Waals surface area contributed by atoms with Gasteiger partial charge in [0.2, 0.25) is 5.13 Å². The standard InChI is InChI=1S/C19H17N5S/c1-14-15(2)25-19(21-14)24-22-18(16-9-5-3-6-10-16)13-20-23(24)17-11-7-4-8-12-17/h3-13H,1-2H3. The van der Waals surface area contributed by atoms with Gasteiger partial charge in [-0.2, -0.15) is 5.10 Å². The van der Waals surface area contributed by atoms with Crippen LogP contribution < -0.4 is 10.2 Å². The largest absolute Gasteiger partial charge is 0.230 e. The zero-order valence-corrected chi connectivity index (χ0v) is 14.8. The molecular weight excluding hydrogens is 330 g/mol. The van der Waals surface area contributed by atoms with Crippen molar-refractivity contribution in [2.75, 3.05) is 10.2 Å². The summed E-state index contributed by atoms with van der Waals surface area (Å²) in [5.41, 5.74) is 3.77. The summed E-state index contributed by atoms with van der Waals surface area (Å²) < 4.78 is 0. The molecule has 0 aliphatic carbocycles. The highest BCUT2D eigenvalue weighted by Crippen LogP contribution is 2.30. The molecule has 2 aromatic carbocycles. The van der Waals surface area contributed by atoms with E-state index in [0.29, 0.717) is 0 Å². The number of para-hydroxylation sites is 1. The van der Waals surface area contributed by atoms with Crippen molar-refractivity contribution in [2.24, 2.45) is 10.2 Å². The summed E-state index contributed by atoms with van der Waals surface area (Å²) in [6.07, 6.45) is 1.78. The molecule has 0 saturated carbocycles. The summed E-state index contributed by atoms with van der Waals surface area (Å²) in [6, 6.07) is 20.0. The van der Waals surface area contributed by atoms with E-state index in [2.05, 4.69) is 17.0 Å². The summed E-state index contributed by atoms with van der Waals surface area (Å²) in [5.74, 6) is 0. The van der Waals surface area contributed by atoms with Gasteiger partial charge in [-0.15, -0.1) is 15.3 Å². The molecule has 0 N–H and O–H groups in total. The molecule has 0 unspecified atom stereocenters. The molecule has 1 aromatic heterocycles. The number of hydrazine groups is 1. The van der Waals surface area contributed by atoms with Crippen LogP contribution in [0.3, 0.4) is 0 Å². The zero-order valence-electron chi connectivity index (χ0n) is 14.0. The topological polar surface area (TPSA) is 44.1 Å². The first-order valence-corrected chi connectivity index (χ1v) is 8.81. The van der Waals surface area contributed by atoms with Crippen LogP contribution in [0.15, 0.2) is 70.9 Å². The highest BCUT2D eigenvalue weighted by molar-refractivity contribution is 7.15. The third kappa shape index (κ3) is 3.04. The van der Waals surface area contributed by atoms with Crippen LogP contribution in [0, 0.1) is 13.8 Å². The summed E-state index contributed by atoms with van der Waals surface area (Å²) in [6.45, 7) is 4.08. The van der Waals surface area contributed by atoms with Crippen molar-refractivity contribution in [2.45, 2.75) is 13.8 Å². The third-order valence-corrected chi connectivity index (χ3v) is 4.96. The van der Waals surface area contributed by atoms with Crippen LogP contribution in [-0.4, -0.2) is 16.9 Å². The molecule has 4 rings (SSSR count). The van der Waals surface area contributed by atoms with E-state index in [1.807, 2.05) is 67.6 Å². The van der Waals surface area contributed by atoms with Gasteiger partial charge < -0.3 is 0 Å². The van der Waals surface area contributed by atoms with Gasteiger partial charge in [-0.25, -0.2) is 4.98 Å². The summed E-state index contributed by atoms with van der Waals surface area (Å²) in [7, 11) is 0. The number of hydrogen-bond acceptors (Lipinski definition) is 6. The molecule has 0 atom stereocenters. The van der Waals surface area contributed by atoms with Gasteiger partial charge >= 0.3 is 0 Å². The van der Waals surface area contributed by atoms with Gasteiger partial charge in [-0.3, -0.25) is 0 Å².